The largest absolute Gasteiger partial charge is 0.361 e. The van der Waals surface area contributed by atoms with Gasteiger partial charge in [-0.1, -0.05) is 43.3 Å². The third-order valence-electron chi connectivity index (χ3n) is 3.91. The number of benzene rings is 2. The van der Waals surface area contributed by atoms with Gasteiger partial charge in [0.2, 0.25) is 11.8 Å². The molecule has 0 aliphatic rings. The number of amides is 2. The van der Waals surface area contributed by atoms with Gasteiger partial charge in [-0.15, -0.1) is 11.6 Å². The summed E-state index contributed by atoms with van der Waals surface area (Å²) in [7, 11) is 0. The Morgan fingerprint density at radius 1 is 1.07 bits per heavy atom. The Morgan fingerprint density at radius 3 is 2.29 bits per heavy atom. The van der Waals surface area contributed by atoms with Gasteiger partial charge in [-0.25, -0.2) is 0 Å². The van der Waals surface area contributed by atoms with E-state index in [0.29, 0.717) is 6.61 Å². The molecule has 0 unspecified atom stereocenters. The molecule has 0 atom stereocenters. The summed E-state index contributed by atoms with van der Waals surface area (Å²) in [6, 6.07) is 15.4. The van der Waals surface area contributed by atoms with Crippen LogP contribution in [0.1, 0.15) is 31.9 Å². The van der Waals surface area contributed by atoms with E-state index in [1.807, 2.05) is 62.4 Å². The zero-order chi connectivity index (χ0) is 20.9. The Labute approximate surface area is 172 Å². The third-order valence-corrected chi connectivity index (χ3v) is 4.13. The van der Waals surface area contributed by atoms with Gasteiger partial charge in [0.15, 0.2) is 0 Å². The molecular weight excluding hydrogens is 376 g/mol. The van der Waals surface area contributed by atoms with Crippen molar-refractivity contribution in [2.45, 2.75) is 34.1 Å². The van der Waals surface area contributed by atoms with Crippen LogP contribution in [0.2, 0.25) is 0 Å². The Hall–Kier alpha value is -2.37. The van der Waals surface area contributed by atoms with Crippen LogP contribution in [0.5, 0.6) is 0 Å². The van der Waals surface area contributed by atoms with E-state index in [-0.39, 0.29) is 24.4 Å². The quantitative estimate of drug-likeness (QED) is 0.534. The molecule has 0 fully saturated rings. The van der Waals surface area contributed by atoms with Crippen molar-refractivity contribution in [1.82, 2.24) is 0 Å². The lowest BCUT2D eigenvalue weighted by Gasteiger charge is -2.25. The fraction of sp³-hybridized carbons (Fsp3) is 0.364. The maximum Gasteiger partial charge on any atom is 0.243 e. The number of para-hydroxylation sites is 2. The molecule has 2 aromatic carbocycles. The number of rotatable bonds is 7. The van der Waals surface area contributed by atoms with E-state index < -0.39 is 0 Å². The smallest absolute Gasteiger partial charge is 0.243 e. The first-order chi connectivity index (χ1) is 13.4. The maximum atomic E-state index is 12.0. The van der Waals surface area contributed by atoms with E-state index in [1.54, 1.807) is 4.90 Å². The number of anilines is 2. The van der Waals surface area contributed by atoms with E-state index in [0.717, 1.165) is 28.9 Å². The molecule has 2 aromatic rings. The van der Waals surface area contributed by atoms with Crippen molar-refractivity contribution < 1.29 is 14.3 Å². The van der Waals surface area contributed by atoms with Crippen molar-refractivity contribution in [2.75, 3.05) is 29.4 Å². The highest BCUT2D eigenvalue weighted by Gasteiger charge is 2.19. The summed E-state index contributed by atoms with van der Waals surface area (Å²) in [5.74, 6) is -0.204. The monoisotopic (exact) mass is 404 g/mol. The summed E-state index contributed by atoms with van der Waals surface area (Å²) >= 11 is 5.68. The highest BCUT2D eigenvalue weighted by Crippen LogP contribution is 2.26. The maximum absolute atomic E-state index is 12.0. The summed E-state index contributed by atoms with van der Waals surface area (Å²) in [5.41, 5.74) is 3.97. The molecular formula is C22H29ClN2O3. The number of ether oxygens (including phenoxy) is 1. The lowest BCUT2D eigenvalue weighted by molar-refractivity contribution is -0.117. The van der Waals surface area contributed by atoms with E-state index >= 15 is 0 Å². The van der Waals surface area contributed by atoms with Crippen LogP contribution in [0.3, 0.4) is 0 Å². The molecule has 0 saturated carbocycles. The van der Waals surface area contributed by atoms with Gasteiger partial charge in [0.1, 0.15) is 12.6 Å². The summed E-state index contributed by atoms with van der Waals surface area (Å²) in [6.45, 7) is 8.28. The van der Waals surface area contributed by atoms with E-state index in [4.69, 9.17) is 16.3 Å². The topological polar surface area (TPSA) is 58.6 Å². The molecule has 28 heavy (non-hydrogen) atoms. The summed E-state index contributed by atoms with van der Waals surface area (Å²) in [4.78, 5) is 24.1. The molecule has 5 nitrogen and oxygen atoms in total. The van der Waals surface area contributed by atoms with Gasteiger partial charge in [-0.05, 0) is 43.5 Å². The molecule has 0 bridgehead atoms. The number of hydrogen-bond donors (Lipinski definition) is 1. The number of aryl methyl sites for hydroxylation is 2. The summed E-state index contributed by atoms with van der Waals surface area (Å²) in [5, 5.41) is 2.67. The van der Waals surface area contributed by atoms with Gasteiger partial charge >= 0.3 is 0 Å². The van der Waals surface area contributed by atoms with Crippen LogP contribution in [0, 0.1) is 6.92 Å². The zero-order valence-corrected chi connectivity index (χ0v) is 17.8. The molecule has 0 radical (unpaired) electrons. The molecule has 0 aromatic heterocycles. The van der Waals surface area contributed by atoms with Crippen LogP contribution >= 0.6 is 11.6 Å². The second-order valence-electron chi connectivity index (χ2n) is 6.06. The number of hydrogen-bond acceptors (Lipinski definition) is 3. The second kappa shape index (κ2) is 12.9. The molecule has 1 N–H and O–H groups in total. The molecule has 0 aliphatic heterocycles. The molecule has 0 aliphatic carbocycles. The SMILES string of the molecule is CC(=O)Nc1ccccc1.CCOCN(C(=O)CCl)c1c(C)cccc1CC. The van der Waals surface area contributed by atoms with Crippen molar-refractivity contribution in [1.29, 1.82) is 0 Å². The van der Waals surface area contributed by atoms with Crippen molar-refractivity contribution in [3.8, 4) is 0 Å². The molecule has 0 heterocycles. The predicted molar refractivity (Wildman–Crippen MR) is 116 cm³/mol. The number of nitrogens with one attached hydrogen (secondary N) is 1. The van der Waals surface area contributed by atoms with Gasteiger partial charge in [-0.3, -0.25) is 14.5 Å². The third kappa shape index (κ3) is 7.71. The lowest BCUT2D eigenvalue weighted by atomic mass is 10.0. The fourth-order valence-electron chi connectivity index (χ4n) is 2.63. The number of alkyl halides is 1. The predicted octanol–water partition coefficient (Wildman–Crippen LogP) is 4.77. The summed E-state index contributed by atoms with van der Waals surface area (Å²) in [6.07, 6.45) is 0.870. The van der Waals surface area contributed by atoms with Crippen molar-refractivity contribution in [3.05, 3.63) is 59.7 Å². The average Bonchev–Trinajstić information content (AvgIpc) is 2.69. The Bertz CT molecular complexity index is 751. The molecule has 0 spiro atoms. The standard InChI is InChI=1S/C14H20ClNO2.C8H9NO/c1-4-12-8-6-7-11(3)14(12)16(10-18-5-2)13(17)9-15;1-7(10)9-8-5-3-2-4-6-8/h6-8H,4-5,9-10H2,1-3H3;2-6H,1H3,(H,9,10). The van der Waals surface area contributed by atoms with Crippen molar-refractivity contribution >= 4 is 34.8 Å². The van der Waals surface area contributed by atoms with Crippen molar-refractivity contribution in [2.24, 2.45) is 0 Å². The van der Waals surface area contributed by atoms with Gasteiger partial charge in [-0.2, -0.15) is 0 Å². The van der Waals surface area contributed by atoms with Crippen LogP contribution in [-0.4, -0.2) is 31.0 Å². The van der Waals surface area contributed by atoms with Crippen LogP contribution < -0.4 is 10.2 Å². The molecule has 0 saturated heterocycles. The second-order valence-corrected chi connectivity index (χ2v) is 6.33. The minimum atomic E-state index is -0.130. The number of carbonyl (C=O) groups is 2. The van der Waals surface area contributed by atoms with Gasteiger partial charge in [0.25, 0.3) is 0 Å². The van der Waals surface area contributed by atoms with Crippen LogP contribution in [0.4, 0.5) is 11.4 Å². The minimum Gasteiger partial charge on any atom is -0.361 e. The highest BCUT2D eigenvalue weighted by molar-refractivity contribution is 6.29. The van der Waals surface area contributed by atoms with E-state index in [9.17, 15) is 9.59 Å². The molecule has 2 amide bonds. The fourth-order valence-corrected chi connectivity index (χ4v) is 2.78. The van der Waals surface area contributed by atoms with Crippen LogP contribution in [0.15, 0.2) is 48.5 Å². The van der Waals surface area contributed by atoms with E-state index in [1.165, 1.54) is 6.92 Å². The summed E-state index contributed by atoms with van der Waals surface area (Å²) < 4.78 is 5.37. The van der Waals surface area contributed by atoms with Gasteiger partial charge in [0.05, 0.1) is 5.69 Å². The van der Waals surface area contributed by atoms with Gasteiger partial charge < -0.3 is 10.1 Å². The Morgan fingerprint density at radius 2 is 1.75 bits per heavy atom. The number of nitrogens with zero attached hydrogens (tertiary/aromatic N) is 1. The van der Waals surface area contributed by atoms with Crippen LogP contribution in [-0.2, 0) is 20.7 Å². The lowest BCUT2D eigenvalue weighted by Crippen LogP contribution is -2.35. The van der Waals surface area contributed by atoms with E-state index in [2.05, 4.69) is 12.2 Å². The normalized spacial score (nSPS) is 9.89. The number of carbonyl (C=O) groups excluding carboxylic acids is 2. The van der Waals surface area contributed by atoms with Gasteiger partial charge in [0, 0.05) is 19.2 Å². The highest BCUT2D eigenvalue weighted by atomic mass is 35.5. The first kappa shape index (κ1) is 23.7. The molecule has 6 heteroatoms. The Kier molecular flexibility index (Phi) is 10.9. The average molecular weight is 405 g/mol. The van der Waals surface area contributed by atoms with Crippen LogP contribution in [0.25, 0.3) is 0 Å². The first-order valence-corrected chi connectivity index (χ1v) is 9.83. The molecule has 152 valence electrons. The van der Waals surface area contributed by atoms with Crippen molar-refractivity contribution in [3.63, 3.8) is 0 Å². The molecule has 2 rings (SSSR count). The zero-order valence-electron chi connectivity index (χ0n) is 17.0. The first-order valence-electron chi connectivity index (χ1n) is 9.29. The Balaban J connectivity index is 0.000000330. The number of halogens is 1. The minimum absolute atomic E-state index is 0.0359.